The number of amides is 1. The number of allylic oxidation sites excluding steroid dienone is 2. The maximum atomic E-state index is 12.2. The van der Waals surface area contributed by atoms with Crippen molar-refractivity contribution in [3.8, 4) is 0 Å². The summed E-state index contributed by atoms with van der Waals surface area (Å²) in [6.45, 7) is 4.59. The van der Waals surface area contributed by atoms with Crippen LogP contribution in [0.15, 0.2) is 12.2 Å². The molecule has 0 aromatic heterocycles. The van der Waals surface area contributed by atoms with E-state index in [2.05, 4.69) is 12.2 Å². The summed E-state index contributed by atoms with van der Waals surface area (Å²) in [6, 6.07) is 0. The number of carbonyl (C=O) groups excluding carboxylic acids is 1. The van der Waals surface area contributed by atoms with E-state index in [1.165, 1.54) is 0 Å². The van der Waals surface area contributed by atoms with Gasteiger partial charge in [0.25, 0.3) is 5.91 Å². The number of hydroxylamine groups is 2. The molecular weight excluding hydrogens is 206 g/mol. The first-order valence-electron chi connectivity index (χ1n) is 6.04. The molecule has 0 aliphatic heterocycles. The minimum Gasteiger partial charge on any atom is -0.270 e. The van der Waals surface area contributed by atoms with Crippen LogP contribution in [0.25, 0.3) is 0 Å². The molecule has 16 heavy (non-hydrogen) atoms. The quantitative estimate of drug-likeness (QED) is 0.530. The Labute approximate surface area is 96.1 Å². The van der Waals surface area contributed by atoms with E-state index >= 15 is 0 Å². The highest BCUT2D eigenvalue weighted by Crippen LogP contribution is 2.44. The molecule has 0 aromatic rings. The van der Waals surface area contributed by atoms with E-state index in [0.717, 1.165) is 18.1 Å². The van der Waals surface area contributed by atoms with Gasteiger partial charge in [-0.1, -0.05) is 17.4 Å². The number of hydrogen-bond donors (Lipinski definition) is 0. The third kappa shape index (κ3) is 2.13. The van der Waals surface area contributed by atoms with Crippen LogP contribution in [-0.2, 0) is 14.5 Å². The van der Waals surface area contributed by atoms with E-state index in [9.17, 15) is 4.79 Å². The van der Waals surface area contributed by atoms with Crippen LogP contribution in [0.2, 0.25) is 0 Å². The molecule has 3 unspecified atom stereocenters. The maximum Gasteiger partial charge on any atom is 0.277 e. The first kappa shape index (κ1) is 11.6. The van der Waals surface area contributed by atoms with Crippen molar-refractivity contribution in [2.75, 3.05) is 13.2 Å². The van der Waals surface area contributed by atoms with Crippen molar-refractivity contribution in [2.45, 2.75) is 26.7 Å². The van der Waals surface area contributed by atoms with Gasteiger partial charge in [-0.25, -0.2) is 9.68 Å². The van der Waals surface area contributed by atoms with Gasteiger partial charge < -0.3 is 0 Å². The van der Waals surface area contributed by atoms with Crippen LogP contribution < -0.4 is 0 Å². The molecule has 0 spiro atoms. The predicted octanol–water partition coefficient (Wildman–Crippen LogP) is 1.93. The van der Waals surface area contributed by atoms with E-state index in [4.69, 9.17) is 9.68 Å². The largest absolute Gasteiger partial charge is 0.277 e. The number of carbonyl (C=O) groups is 1. The highest BCUT2D eigenvalue weighted by atomic mass is 17.0. The Balaban J connectivity index is 1.97. The molecule has 0 saturated heterocycles. The third-order valence-corrected chi connectivity index (χ3v) is 3.27. The lowest BCUT2D eigenvalue weighted by molar-refractivity contribution is -0.341. The Hall–Kier alpha value is -0.870. The Morgan fingerprint density at radius 1 is 1.25 bits per heavy atom. The van der Waals surface area contributed by atoms with Crippen molar-refractivity contribution in [3.63, 3.8) is 0 Å². The van der Waals surface area contributed by atoms with Crippen molar-refractivity contribution in [3.05, 3.63) is 12.2 Å². The number of nitrogens with zero attached hydrogens (tertiary/aromatic N) is 1. The molecule has 1 amide bonds. The van der Waals surface area contributed by atoms with E-state index in [0.29, 0.717) is 25.0 Å². The summed E-state index contributed by atoms with van der Waals surface area (Å²) in [6.07, 6.45) is 6.44. The normalized spacial score (nSPS) is 31.0. The van der Waals surface area contributed by atoms with Gasteiger partial charge in [-0.3, -0.25) is 4.79 Å². The fraction of sp³-hybridized carbons (Fsp3) is 0.750. The molecule has 0 radical (unpaired) electrons. The first-order chi connectivity index (χ1) is 7.76. The molecule has 0 heterocycles. The molecule has 3 atom stereocenters. The summed E-state index contributed by atoms with van der Waals surface area (Å²) in [5.74, 6) is 0.999. The zero-order chi connectivity index (χ0) is 11.5. The maximum absolute atomic E-state index is 12.2. The Morgan fingerprint density at radius 2 is 1.94 bits per heavy atom. The lowest BCUT2D eigenvalue weighted by atomic mass is 9.93. The van der Waals surface area contributed by atoms with E-state index in [1.54, 1.807) is 0 Å². The number of rotatable bonds is 5. The van der Waals surface area contributed by atoms with E-state index in [-0.39, 0.29) is 11.8 Å². The molecule has 4 nitrogen and oxygen atoms in total. The van der Waals surface area contributed by atoms with Crippen LogP contribution in [0.1, 0.15) is 26.7 Å². The number of fused-ring (bicyclic) bond motifs is 2. The molecule has 4 heteroatoms. The lowest BCUT2D eigenvalue weighted by Gasteiger charge is -2.25. The van der Waals surface area contributed by atoms with Crippen LogP contribution in [0.4, 0.5) is 0 Å². The van der Waals surface area contributed by atoms with Gasteiger partial charge in [-0.15, -0.1) is 0 Å². The minimum absolute atomic E-state index is 0.0273. The summed E-state index contributed by atoms with van der Waals surface area (Å²) < 4.78 is 0. The average Bonchev–Trinajstić information content (AvgIpc) is 2.89. The Bertz CT molecular complexity index is 284. The second kappa shape index (κ2) is 4.97. The fourth-order valence-electron chi connectivity index (χ4n) is 2.60. The van der Waals surface area contributed by atoms with Gasteiger partial charge in [0, 0.05) is 5.92 Å². The van der Waals surface area contributed by atoms with Crippen molar-refractivity contribution in [1.29, 1.82) is 0 Å². The summed E-state index contributed by atoms with van der Waals surface area (Å²) in [4.78, 5) is 22.6. The van der Waals surface area contributed by atoms with Crippen LogP contribution in [0.3, 0.4) is 0 Å². The molecule has 2 aliphatic rings. The summed E-state index contributed by atoms with van der Waals surface area (Å²) in [5.41, 5.74) is 0. The van der Waals surface area contributed by atoms with Crippen LogP contribution in [0.5, 0.6) is 0 Å². The zero-order valence-corrected chi connectivity index (χ0v) is 9.89. The molecule has 0 N–H and O–H groups in total. The van der Waals surface area contributed by atoms with Crippen molar-refractivity contribution >= 4 is 5.91 Å². The lowest BCUT2D eigenvalue weighted by Crippen LogP contribution is -2.37. The Morgan fingerprint density at radius 3 is 2.38 bits per heavy atom. The molecule has 90 valence electrons. The minimum atomic E-state index is -0.0273. The van der Waals surface area contributed by atoms with Gasteiger partial charge in [0.05, 0.1) is 13.2 Å². The standard InChI is InChI=1S/C12H19NO3/c1-3-15-13(16-4-2)12(14)11-8-9-5-6-10(11)7-9/h5-6,9-11H,3-4,7-8H2,1-2H3. The SMILES string of the molecule is CCON(OCC)C(=O)C1CC2C=CC1C2. The van der Waals surface area contributed by atoms with E-state index < -0.39 is 0 Å². The molecule has 1 saturated carbocycles. The number of hydrogen-bond acceptors (Lipinski definition) is 3. The van der Waals surface area contributed by atoms with Crippen LogP contribution in [-0.4, -0.2) is 24.3 Å². The molecule has 1 fully saturated rings. The van der Waals surface area contributed by atoms with Crippen molar-refractivity contribution in [2.24, 2.45) is 17.8 Å². The second-order valence-electron chi connectivity index (χ2n) is 4.32. The molecule has 2 aliphatic carbocycles. The fourth-order valence-corrected chi connectivity index (χ4v) is 2.60. The van der Waals surface area contributed by atoms with Gasteiger partial charge >= 0.3 is 0 Å². The summed E-state index contributed by atoms with van der Waals surface area (Å²) in [5, 5.41) is 1.08. The zero-order valence-electron chi connectivity index (χ0n) is 9.89. The highest BCUT2D eigenvalue weighted by Gasteiger charge is 2.42. The van der Waals surface area contributed by atoms with E-state index in [1.807, 2.05) is 13.8 Å². The predicted molar refractivity (Wildman–Crippen MR) is 58.9 cm³/mol. The van der Waals surface area contributed by atoms with Crippen molar-refractivity contribution < 1.29 is 14.5 Å². The van der Waals surface area contributed by atoms with Crippen molar-refractivity contribution in [1.82, 2.24) is 5.23 Å². The second-order valence-corrected chi connectivity index (χ2v) is 4.32. The summed E-state index contributed by atoms with van der Waals surface area (Å²) >= 11 is 0. The van der Waals surface area contributed by atoms with Crippen LogP contribution in [0, 0.1) is 17.8 Å². The molecule has 2 bridgehead atoms. The molecule has 2 rings (SSSR count). The Kier molecular flexibility index (Phi) is 3.61. The first-order valence-corrected chi connectivity index (χ1v) is 6.04. The highest BCUT2D eigenvalue weighted by molar-refractivity contribution is 5.78. The molecule has 0 aromatic carbocycles. The molecular formula is C12H19NO3. The van der Waals surface area contributed by atoms with Gasteiger partial charge in [-0.2, -0.15) is 0 Å². The summed E-state index contributed by atoms with van der Waals surface area (Å²) in [7, 11) is 0. The monoisotopic (exact) mass is 225 g/mol. The van der Waals surface area contributed by atoms with Gasteiger partial charge in [0.15, 0.2) is 0 Å². The smallest absolute Gasteiger partial charge is 0.270 e. The van der Waals surface area contributed by atoms with Gasteiger partial charge in [0.2, 0.25) is 0 Å². The van der Waals surface area contributed by atoms with Crippen LogP contribution >= 0.6 is 0 Å². The van der Waals surface area contributed by atoms with Gasteiger partial charge in [-0.05, 0) is 38.5 Å². The van der Waals surface area contributed by atoms with Gasteiger partial charge in [0.1, 0.15) is 0 Å². The average molecular weight is 225 g/mol. The third-order valence-electron chi connectivity index (χ3n) is 3.27. The topological polar surface area (TPSA) is 38.8 Å².